The lowest BCUT2D eigenvalue weighted by Crippen LogP contribution is -2.13. The quantitative estimate of drug-likeness (QED) is 0.848. The smallest absolute Gasteiger partial charge is 0.243 e. The van der Waals surface area contributed by atoms with Gasteiger partial charge in [-0.1, -0.05) is 49.3 Å². The number of nitrogens with zero attached hydrogens (tertiary/aromatic N) is 2. The average Bonchev–Trinajstić information content (AvgIpc) is 2.88. The summed E-state index contributed by atoms with van der Waals surface area (Å²) in [6, 6.07) is 9.86. The average molecular weight is 291 g/mol. The first-order chi connectivity index (χ1) is 9.65. The molecule has 1 aromatic heterocycles. The van der Waals surface area contributed by atoms with Crippen LogP contribution in [0.15, 0.2) is 34.9 Å². The fourth-order valence-electron chi connectivity index (χ4n) is 1.82. The van der Waals surface area contributed by atoms with Crippen LogP contribution in [-0.2, 0) is 12.2 Å². The highest BCUT2D eigenvalue weighted by Crippen LogP contribution is 2.17. The van der Waals surface area contributed by atoms with Crippen LogP contribution in [0.2, 0.25) is 0 Å². The molecule has 2 aromatic rings. The van der Waals surface area contributed by atoms with Gasteiger partial charge in [-0.2, -0.15) is 16.7 Å². The Labute approximate surface area is 124 Å². The van der Waals surface area contributed by atoms with Gasteiger partial charge in [0, 0.05) is 0 Å². The molecule has 2 rings (SSSR count). The Bertz CT molecular complexity index is 513. The van der Waals surface area contributed by atoms with Crippen LogP contribution in [0, 0.1) is 5.92 Å². The van der Waals surface area contributed by atoms with Crippen LogP contribution in [0.1, 0.15) is 37.2 Å². The van der Waals surface area contributed by atoms with Crippen molar-refractivity contribution >= 4 is 11.8 Å². The van der Waals surface area contributed by atoms with Gasteiger partial charge in [-0.15, -0.1) is 0 Å². The molecular weight excluding hydrogens is 270 g/mol. The number of hydrogen-bond acceptors (Lipinski definition) is 5. The molecule has 1 aromatic carbocycles. The first-order valence-corrected chi connectivity index (χ1v) is 8.00. The molecule has 0 saturated heterocycles. The van der Waals surface area contributed by atoms with E-state index in [2.05, 4.69) is 36.1 Å². The van der Waals surface area contributed by atoms with Crippen molar-refractivity contribution < 1.29 is 4.52 Å². The molecule has 0 aliphatic rings. The second-order valence-corrected chi connectivity index (χ2v) is 6.28. The summed E-state index contributed by atoms with van der Waals surface area (Å²) in [5, 5.41) is 3.99. The summed E-state index contributed by atoms with van der Waals surface area (Å²) in [7, 11) is 0. The van der Waals surface area contributed by atoms with Crippen molar-refractivity contribution in [3.05, 3.63) is 47.6 Å². The summed E-state index contributed by atoms with van der Waals surface area (Å²) in [6.07, 6.45) is 0.710. The summed E-state index contributed by atoms with van der Waals surface area (Å²) in [5.41, 5.74) is 7.29. The standard InChI is InChI=1S/C15H21N3OS/c1-11(2)9-20-10-14-17-15(19-18-14)13(16)8-12-6-4-3-5-7-12/h3-7,11,13H,8-10,16H2,1-2H3/t13-/m0/s1. The Morgan fingerprint density at radius 2 is 2.00 bits per heavy atom. The van der Waals surface area contributed by atoms with E-state index in [1.54, 1.807) is 0 Å². The van der Waals surface area contributed by atoms with Crippen LogP contribution >= 0.6 is 11.8 Å². The largest absolute Gasteiger partial charge is 0.338 e. The van der Waals surface area contributed by atoms with E-state index in [4.69, 9.17) is 10.3 Å². The third kappa shape index (κ3) is 4.65. The van der Waals surface area contributed by atoms with Gasteiger partial charge < -0.3 is 10.3 Å². The first-order valence-electron chi connectivity index (χ1n) is 6.85. The predicted molar refractivity (Wildman–Crippen MR) is 82.4 cm³/mol. The molecule has 0 unspecified atom stereocenters. The van der Waals surface area contributed by atoms with Gasteiger partial charge in [-0.25, -0.2) is 0 Å². The molecule has 0 aliphatic heterocycles. The molecule has 4 nitrogen and oxygen atoms in total. The number of thioether (sulfide) groups is 1. The van der Waals surface area contributed by atoms with E-state index in [9.17, 15) is 0 Å². The third-order valence-electron chi connectivity index (χ3n) is 2.78. The lowest BCUT2D eigenvalue weighted by atomic mass is 10.1. The van der Waals surface area contributed by atoms with Gasteiger partial charge in [0.15, 0.2) is 5.82 Å². The molecule has 5 heteroatoms. The minimum Gasteiger partial charge on any atom is -0.338 e. The van der Waals surface area contributed by atoms with Gasteiger partial charge in [0.05, 0.1) is 11.8 Å². The van der Waals surface area contributed by atoms with Gasteiger partial charge in [-0.3, -0.25) is 0 Å². The molecule has 0 spiro atoms. The van der Waals surface area contributed by atoms with Gasteiger partial charge in [0.2, 0.25) is 5.89 Å². The fourth-order valence-corrected chi connectivity index (χ4v) is 2.71. The maximum atomic E-state index is 6.11. The minimum absolute atomic E-state index is 0.242. The van der Waals surface area contributed by atoms with Crippen LogP contribution < -0.4 is 5.73 Å². The number of rotatable bonds is 7. The van der Waals surface area contributed by atoms with Gasteiger partial charge >= 0.3 is 0 Å². The monoisotopic (exact) mass is 291 g/mol. The van der Waals surface area contributed by atoms with Crippen LogP contribution in [0.4, 0.5) is 0 Å². The Kier molecular flexibility index (Phi) is 5.61. The van der Waals surface area contributed by atoms with E-state index in [-0.39, 0.29) is 6.04 Å². The topological polar surface area (TPSA) is 64.9 Å². The van der Waals surface area contributed by atoms with Gasteiger partial charge in [0.1, 0.15) is 0 Å². The normalized spacial score (nSPS) is 12.8. The van der Waals surface area contributed by atoms with E-state index >= 15 is 0 Å². The number of benzene rings is 1. The fraction of sp³-hybridized carbons (Fsp3) is 0.467. The molecule has 1 atom stereocenters. The van der Waals surface area contributed by atoms with Crippen molar-refractivity contribution in [1.82, 2.24) is 10.1 Å². The van der Waals surface area contributed by atoms with E-state index in [1.807, 2.05) is 30.0 Å². The van der Waals surface area contributed by atoms with E-state index in [0.29, 0.717) is 18.2 Å². The lowest BCUT2D eigenvalue weighted by Gasteiger charge is -2.06. The molecule has 20 heavy (non-hydrogen) atoms. The molecule has 1 heterocycles. The minimum atomic E-state index is -0.242. The zero-order valence-corrected chi connectivity index (χ0v) is 12.8. The van der Waals surface area contributed by atoms with Crippen molar-refractivity contribution in [3.63, 3.8) is 0 Å². The van der Waals surface area contributed by atoms with Crippen LogP contribution in [0.5, 0.6) is 0 Å². The molecule has 0 bridgehead atoms. The highest BCUT2D eigenvalue weighted by molar-refractivity contribution is 7.98. The van der Waals surface area contributed by atoms with Gasteiger partial charge in [-0.05, 0) is 23.7 Å². The first kappa shape index (κ1) is 15.1. The maximum Gasteiger partial charge on any atom is 0.243 e. The third-order valence-corrected chi connectivity index (χ3v) is 4.15. The lowest BCUT2D eigenvalue weighted by molar-refractivity contribution is 0.351. The molecule has 0 saturated carbocycles. The van der Waals surface area contributed by atoms with Crippen LogP contribution in [-0.4, -0.2) is 15.9 Å². The van der Waals surface area contributed by atoms with Gasteiger partial charge in [0.25, 0.3) is 0 Å². The highest BCUT2D eigenvalue weighted by atomic mass is 32.2. The zero-order valence-electron chi connectivity index (χ0n) is 12.0. The second kappa shape index (κ2) is 7.45. The van der Waals surface area contributed by atoms with Crippen LogP contribution in [0.3, 0.4) is 0 Å². The van der Waals surface area contributed by atoms with E-state index in [0.717, 1.165) is 17.3 Å². The molecule has 0 amide bonds. The maximum absolute atomic E-state index is 6.11. The van der Waals surface area contributed by atoms with E-state index in [1.165, 1.54) is 5.56 Å². The summed E-state index contributed by atoms with van der Waals surface area (Å²) in [4.78, 5) is 4.38. The Morgan fingerprint density at radius 1 is 1.25 bits per heavy atom. The van der Waals surface area contributed by atoms with E-state index < -0.39 is 0 Å². The summed E-state index contributed by atoms with van der Waals surface area (Å²) in [5.74, 6) is 3.80. The number of hydrogen-bond donors (Lipinski definition) is 1. The van der Waals surface area contributed by atoms with Crippen molar-refractivity contribution in [2.75, 3.05) is 5.75 Å². The van der Waals surface area contributed by atoms with Crippen molar-refractivity contribution in [1.29, 1.82) is 0 Å². The molecule has 0 aliphatic carbocycles. The number of nitrogens with two attached hydrogens (primary N) is 1. The Morgan fingerprint density at radius 3 is 2.70 bits per heavy atom. The van der Waals surface area contributed by atoms with Crippen LogP contribution in [0.25, 0.3) is 0 Å². The van der Waals surface area contributed by atoms with Crippen molar-refractivity contribution in [3.8, 4) is 0 Å². The molecule has 2 N–H and O–H groups in total. The summed E-state index contributed by atoms with van der Waals surface area (Å²) < 4.78 is 5.26. The van der Waals surface area contributed by atoms with Crippen molar-refractivity contribution in [2.45, 2.75) is 32.1 Å². The molecular formula is C15H21N3OS. The molecule has 108 valence electrons. The SMILES string of the molecule is CC(C)CSCc1noc([C@@H](N)Cc2ccccc2)n1. The van der Waals surface area contributed by atoms with Crippen molar-refractivity contribution in [2.24, 2.45) is 11.7 Å². The Balaban J connectivity index is 1.88. The highest BCUT2D eigenvalue weighted by Gasteiger charge is 2.15. The summed E-state index contributed by atoms with van der Waals surface area (Å²) >= 11 is 1.82. The predicted octanol–water partition coefficient (Wildman–Crippen LogP) is 3.20. The molecule has 0 radical (unpaired) electrons. The number of aromatic nitrogens is 2. The molecule has 0 fully saturated rings. The Hall–Kier alpha value is -1.33. The second-order valence-electron chi connectivity index (χ2n) is 5.25. The zero-order chi connectivity index (χ0) is 14.4. The summed E-state index contributed by atoms with van der Waals surface area (Å²) in [6.45, 7) is 4.40.